The minimum Gasteiger partial charge on any atom is -0.497 e. The van der Waals surface area contributed by atoms with Crippen molar-refractivity contribution >= 4 is 23.2 Å². The van der Waals surface area contributed by atoms with Crippen LogP contribution in [-0.4, -0.2) is 26.0 Å². The molecule has 0 heterocycles. The van der Waals surface area contributed by atoms with E-state index < -0.39 is 11.7 Å². The standard InChI is InChI=1S/C17H17FN2O4/c1-10(21)19-12-4-5-15(18)16(8-12)20-17(22)11-6-13(23-2)9-14(7-11)24-3/h4-9H,1-3H3,(H,19,21)(H,20,22). The topological polar surface area (TPSA) is 76.7 Å². The molecule has 2 amide bonds. The van der Waals surface area contributed by atoms with Gasteiger partial charge >= 0.3 is 0 Å². The summed E-state index contributed by atoms with van der Waals surface area (Å²) in [6.07, 6.45) is 0. The Morgan fingerprint density at radius 1 is 0.958 bits per heavy atom. The molecule has 7 heteroatoms. The number of rotatable bonds is 5. The van der Waals surface area contributed by atoms with Gasteiger partial charge in [-0.1, -0.05) is 0 Å². The lowest BCUT2D eigenvalue weighted by Gasteiger charge is -2.11. The molecule has 0 aromatic heterocycles. The number of halogens is 1. The van der Waals surface area contributed by atoms with Crippen LogP contribution in [0, 0.1) is 5.82 Å². The first-order valence-corrected chi connectivity index (χ1v) is 7.04. The van der Waals surface area contributed by atoms with Crippen molar-refractivity contribution in [3.63, 3.8) is 0 Å². The highest BCUT2D eigenvalue weighted by molar-refractivity contribution is 6.05. The molecule has 0 aliphatic rings. The summed E-state index contributed by atoms with van der Waals surface area (Å²) >= 11 is 0. The van der Waals surface area contributed by atoms with Gasteiger partial charge in [-0.2, -0.15) is 0 Å². The quantitative estimate of drug-likeness (QED) is 0.882. The van der Waals surface area contributed by atoms with Crippen LogP contribution >= 0.6 is 0 Å². The van der Waals surface area contributed by atoms with Gasteiger partial charge in [-0.05, 0) is 30.3 Å². The fourth-order valence-electron chi connectivity index (χ4n) is 2.04. The smallest absolute Gasteiger partial charge is 0.256 e. The van der Waals surface area contributed by atoms with Crippen LogP contribution in [-0.2, 0) is 4.79 Å². The van der Waals surface area contributed by atoms with Crippen LogP contribution in [0.2, 0.25) is 0 Å². The Bertz CT molecular complexity index is 755. The monoisotopic (exact) mass is 332 g/mol. The Morgan fingerprint density at radius 3 is 2.12 bits per heavy atom. The number of carbonyl (C=O) groups excluding carboxylic acids is 2. The molecule has 0 radical (unpaired) electrons. The lowest BCUT2D eigenvalue weighted by molar-refractivity contribution is -0.114. The van der Waals surface area contributed by atoms with E-state index in [0.717, 1.165) is 6.07 Å². The Kier molecular flexibility index (Phi) is 5.36. The molecular formula is C17H17FN2O4. The highest BCUT2D eigenvalue weighted by atomic mass is 19.1. The molecule has 0 fully saturated rings. The van der Waals surface area contributed by atoms with E-state index in [2.05, 4.69) is 10.6 Å². The molecule has 0 unspecified atom stereocenters. The van der Waals surface area contributed by atoms with Gasteiger partial charge in [0.1, 0.15) is 17.3 Å². The summed E-state index contributed by atoms with van der Waals surface area (Å²) in [7, 11) is 2.93. The minimum atomic E-state index is -0.618. The van der Waals surface area contributed by atoms with Gasteiger partial charge in [0.2, 0.25) is 5.91 Å². The van der Waals surface area contributed by atoms with E-state index >= 15 is 0 Å². The molecule has 2 aromatic carbocycles. The van der Waals surface area contributed by atoms with Gasteiger partial charge in [0.05, 0.1) is 19.9 Å². The van der Waals surface area contributed by atoms with Crippen molar-refractivity contribution in [1.82, 2.24) is 0 Å². The SMILES string of the molecule is COc1cc(OC)cc(C(=O)Nc2cc(NC(C)=O)ccc2F)c1. The molecule has 24 heavy (non-hydrogen) atoms. The number of hydrogen-bond acceptors (Lipinski definition) is 4. The molecule has 0 bridgehead atoms. The molecule has 0 atom stereocenters. The first-order valence-electron chi connectivity index (χ1n) is 7.04. The second kappa shape index (κ2) is 7.45. The maximum atomic E-state index is 13.9. The van der Waals surface area contributed by atoms with E-state index in [4.69, 9.17) is 9.47 Å². The third-order valence-corrected chi connectivity index (χ3v) is 3.15. The van der Waals surface area contributed by atoms with Crippen LogP contribution in [0.4, 0.5) is 15.8 Å². The van der Waals surface area contributed by atoms with Gasteiger partial charge in [0.15, 0.2) is 0 Å². The molecule has 2 N–H and O–H groups in total. The summed E-state index contributed by atoms with van der Waals surface area (Å²) in [6, 6.07) is 8.54. The molecule has 0 aliphatic carbocycles. The predicted molar refractivity (Wildman–Crippen MR) is 88.2 cm³/mol. The first-order chi connectivity index (χ1) is 11.4. The van der Waals surface area contributed by atoms with Gasteiger partial charge in [0.25, 0.3) is 5.91 Å². The summed E-state index contributed by atoms with van der Waals surface area (Å²) in [5.74, 6) is -0.575. The summed E-state index contributed by atoms with van der Waals surface area (Å²) in [5.41, 5.74) is 0.575. The fourth-order valence-corrected chi connectivity index (χ4v) is 2.04. The van der Waals surface area contributed by atoms with E-state index in [-0.39, 0.29) is 17.2 Å². The maximum absolute atomic E-state index is 13.9. The van der Waals surface area contributed by atoms with Crippen molar-refractivity contribution in [3.8, 4) is 11.5 Å². The number of carbonyl (C=O) groups is 2. The average molecular weight is 332 g/mol. The molecule has 126 valence electrons. The maximum Gasteiger partial charge on any atom is 0.256 e. The van der Waals surface area contributed by atoms with E-state index in [1.54, 1.807) is 6.07 Å². The van der Waals surface area contributed by atoms with E-state index in [1.165, 1.54) is 45.4 Å². The summed E-state index contributed by atoms with van der Waals surface area (Å²) < 4.78 is 24.1. The third kappa shape index (κ3) is 4.22. The normalized spacial score (nSPS) is 10.0. The van der Waals surface area contributed by atoms with Gasteiger partial charge in [-0.25, -0.2) is 4.39 Å². The van der Waals surface area contributed by atoms with Crippen molar-refractivity contribution in [3.05, 3.63) is 47.8 Å². The van der Waals surface area contributed by atoms with Crippen LogP contribution < -0.4 is 20.1 Å². The van der Waals surface area contributed by atoms with E-state index in [1.807, 2.05) is 0 Å². The van der Waals surface area contributed by atoms with Gasteiger partial charge in [-0.15, -0.1) is 0 Å². The van der Waals surface area contributed by atoms with Gasteiger partial charge in [0, 0.05) is 24.2 Å². The molecule has 2 rings (SSSR count). The number of anilines is 2. The van der Waals surface area contributed by atoms with Crippen molar-refractivity contribution in [2.24, 2.45) is 0 Å². The van der Waals surface area contributed by atoms with E-state index in [0.29, 0.717) is 17.2 Å². The zero-order valence-electron chi connectivity index (χ0n) is 13.5. The Morgan fingerprint density at radius 2 is 1.58 bits per heavy atom. The van der Waals surface area contributed by atoms with Crippen LogP contribution in [0.1, 0.15) is 17.3 Å². The molecule has 0 aliphatic heterocycles. The highest BCUT2D eigenvalue weighted by Gasteiger charge is 2.13. The second-order valence-corrected chi connectivity index (χ2v) is 4.93. The predicted octanol–water partition coefficient (Wildman–Crippen LogP) is 3.05. The van der Waals surface area contributed by atoms with Gasteiger partial charge < -0.3 is 20.1 Å². The van der Waals surface area contributed by atoms with Crippen LogP contribution in [0.15, 0.2) is 36.4 Å². The summed E-state index contributed by atoms with van der Waals surface area (Å²) in [6.45, 7) is 1.34. The van der Waals surface area contributed by atoms with Gasteiger partial charge in [-0.3, -0.25) is 9.59 Å². The van der Waals surface area contributed by atoms with Crippen molar-refractivity contribution < 1.29 is 23.5 Å². The number of nitrogens with one attached hydrogen (secondary N) is 2. The lowest BCUT2D eigenvalue weighted by atomic mass is 10.1. The molecule has 2 aromatic rings. The number of benzene rings is 2. The Hall–Kier alpha value is -3.09. The number of ether oxygens (including phenoxy) is 2. The third-order valence-electron chi connectivity index (χ3n) is 3.15. The molecule has 6 nitrogen and oxygen atoms in total. The van der Waals surface area contributed by atoms with Crippen molar-refractivity contribution in [1.29, 1.82) is 0 Å². The summed E-state index contributed by atoms with van der Waals surface area (Å²) in [5, 5.41) is 4.99. The van der Waals surface area contributed by atoms with Crippen molar-refractivity contribution in [2.45, 2.75) is 6.92 Å². The van der Waals surface area contributed by atoms with Crippen LogP contribution in [0.5, 0.6) is 11.5 Å². The first kappa shape index (κ1) is 17.3. The van der Waals surface area contributed by atoms with Crippen LogP contribution in [0.25, 0.3) is 0 Å². The van der Waals surface area contributed by atoms with Crippen LogP contribution in [0.3, 0.4) is 0 Å². The Labute approximate surface area is 138 Å². The minimum absolute atomic E-state index is 0.0481. The summed E-state index contributed by atoms with van der Waals surface area (Å²) in [4.78, 5) is 23.4. The second-order valence-electron chi connectivity index (χ2n) is 4.93. The number of amides is 2. The lowest BCUT2D eigenvalue weighted by Crippen LogP contribution is -2.14. The highest BCUT2D eigenvalue weighted by Crippen LogP contribution is 2.25. The molecule has 0 spiro atoms. The van der Waals surface area contributed by atoms with Crippen molar-refractivity contribution in [2.75, 3.05) is 24.9 Å². The van der Waals surface area contributed by atoms with E-state index in [9.17, 15) is 14.0 Å². The largest absolute Gasteiger partial charge is 0.497 e. The fraction of sp³-hybridized carbons (Fsp3) is 0.176. The molecule has 0 saturated carbocycles. The number of methoxy groups -OCH3 is 2. The molecule has 0 saturated heterocycles. The zero-order chi connectivity index (χ0) is 17.7. The molecular weight excluding hydrogens is 315 g/mol. The zero-order valence-corrected chi connectivity index (χ0v) is 13.5. The Balaban J connectivity index is 2.27. The number of hydrogen-bond donors (Lipinski definition) is 2. The average Bonchev–Trinajstić information content (AvgIpc) is 2.56.